The summed E-state index contributed by atoms with van der Waals surface area (Å²) in [6, 6.07) is 3.87. The van der Waals surface area contributed by atoms with Crippen LogP contribution in [0.1, 0.15) is 33.1 Å². The van der Waals surface area contributed by atoms with Gasteiger partial charge in [-0.15, -0.1) is 0 Å². The molecule has 0 spiro atoms. The van der Waals surface area contributed by atoms with Crippen molar-refractivity contribution in [2.45, 2.75) is 39.2 Å². The zero-order valence-corrected chi connectivity index (χ0v) is 11.3. The van der Waals surface area contributed by atoms with E-state index in [9.17, 15) is 10.2 Å². The third kappa shape index (κ3) is 4.21. The van der Waals surface area contributed by atoms with Crippen molar-refractivity contribution in [2.24, 2.45) is 0 Å². The van der Waals surface area contributed by atoms with E-state index in [4.69, 9.17) is 14.6 Å². The van der Waals surface area contributed by atoms with E-state index in [0.717, 1.165) is 19.3 Å². The average Bonchev–Trinajstić information content (AvgIpc) is 2.41. The van der Waals surface area contributed by atoms with Crippen molar-refractivity contribution in [1.29, 1.82) is 0 Å². The Morgan fingerprint density at radius 3 is 2.63 bits per heavy atom. The highest BCUT2D eigenvalue weighted by atomic mass is 16.5. The molecule has 1 aromatic rings. The van der Waals surface area contributed by atoms with Gasteiger partial charge in [0.25, 0.3) is 0 Å². The minimum atomic E-state index is -0.265. The maximum atomic E-state index is 10.00. The van der Waals surface area contributed by atoms with Gasteiger partial charge in [0.05, 0.1) is 12.7 Å². The third-order valence-electron chi connectivity index (χ3n) is 2.70. The minimum absolute atomic E-state index is 0.0178. The molecule has 0 saturated carbocycles. The first-order valence-electron chi connectivity index (χ1n) is 6.50. The molecular formula is C14H21O5. The first-order valence-corrected chi connectivity index (χ1v) is 6.50. The molecule has 5 nitrogen and oxygen atoms in total. The van der Waals surface area contributed by atoms with Crippen molar-refractivity contribution in [3.63, 3.8) is 0 Å². The van der Waals surface area contributed by atoms with E-state index in [1.54, 1.807) is 0 Å². The molecule has 0 fully saturated rings. The lowest BCUT2D eigenvalue weighted by molar-refractivity contribution is 0.166. The zero-order valence-electron chi connectivity index (χ0n) is 11.3. The van der Waals surface area contributed by atoms with E-state index in [1.165, 1.54) is 6.07 Å². The molecule has 0 heterocycles. The summed E-state index contributed by atoms with van der Waals surface area (Å²) in [5.41, 5.74) is 0. The second kappa shape index (κ2) is 7.74. The Kier molecular flexibility index (Phi) is 6.29. The normalized spacial score (nSPS) is 12.2. The maximum Gasteiger partial charge on any atom is 0.208 e. The van der Waals surface area contributed by atoms with Gasteiger partial charge in [-0.25, -0.2) is 0 Å². The van der Waals surface area contributed by atoms with Crippen molar-refractivity contribution in [3.8, 4) is 23.0 Å². The first-order chi connectivity index (χ1) is 9.13. The number of aliphatic hydroxyl groups is 1. The Labute approximate surface area is 113 Å². The average molecular weight is 269 g/mol. The fourth-order valence-corrected chi connectivity index (χ4v) is 1.70. The molecule has 0 aliphatic heterocycles. The number of rotatable bonds is 8. The number of hydrogen-bond donors (Lipinski definition) is 3. The van der Waals surface area contributed by atoms with E-state index >= 15 is 0 Å². The van der Waals surface area contributed by atoms with E-state index < -0.39 is 0 Å². The highest BCUT2D eigenvalue weighted by molar-refractivity contribution is 5.57. The Morgan fingerprint density at radius 1 is 1.32 bits per heavy atom. The largest absolute Gasteiger partial charge is 0.504 e. The van der Waals surface area contributed by atoms with Crippen molar-refractivity contribution in [2.75, 3.05) is 13.2 Å². The highest BCUT2D eigenvalue weighted by Gasteiger charge is 2.18. The fraction of sp³-hybridized carbons (Fsp3) is 0.571. The van der Waals surface area contributed by atoms with Crippen LogP contribution >= 0.6 is 0 Å². The Hall–Kier alpha value is -1.62. The van der Waals surface area contributed by atoms with Gasteiger partial charge in [-0.1, -0.05) is 20.3 Å². The molecular weight excluding hydrogens is 248 g/mol. The predicted molar refractivity (Wildman–Crippen MR) is 70.8 cm³/mol. The number of hydrogen-bond acceptors (Lipinski definition) is 5. The van der Waals surface area contributed by atoms with Crippen molar-refractivity contribution >= 4 is 0 Å². The Bertz CT molecular complexity index is 392. The van der Waals surface area contributed by atoms with Crippen LogP contribution in [0.15, 0.2) is 6.07 Å². The lowest BCUT2D eigenvalue weighted by atomic mass is 10.1. The van der Waals surface area contributed by atoms with Crippen LogP contribution in [0.4, 0.5) is 0 Å². The number of aliphatic hydroxyl groups excluding tert-OH is 1. The summed E-state index contributed by atoms with van der Waals surface area (Å²) < 4.78 is 10.7. The highest BCUT2D eigenvalue weighted by Crippen LogP contribution is 2.43. The van der Waals surface area contributed by atoms with E-state index in [0.29, 0.717) is 0 Å². The standard InChI is InChI=1S/C14H21O5/c1-3-5-10(4-2)19-14-11(16)6-7-12(13(14)17)18-9-8-15/h7,10,15-17H,3-5,8-9H2,1-2H3. The molecule has 107 valence electrons. The van der Waals surface area contributed by atoms with Crippen LogP contribution in [0.5, 0.6) is 23.0 Å². The first kappa shape index (κ1) is 15.4. The van der Waals surface area contributed by atoms with Gasteiger partial charge in [0.15, 0.2) is 11.5 Å². The molecule has 3 N–H and O–H groups in total. The molecule has 0 amide bonds. The van der Waals surface area contributed by atoms with Crippen LogP contribution in [0.3, 0.4) is 0 Å². The van der Waals surface area contributed by atoms with Gasteiger partial charge in [0.2, 0.25) is 11.5 Å². The summed E-state index contributed by atoms with van der Waals surface area (Å²) in [7, 11) is 0. The molecule has 0 saturated heterocycles. The van der Waals surface area contributed by atoms with E-state index in [-0.39, 0.29) is 42.3 Å². The molecule has 0 aromatic heterocycles. The smallest absolute Gasteiger partial charge is 0.208 e. The maximum absolute atomic E-state index is 10.00. The molecule has 0 aliphatic rings. The number of aromatic hydroxyl groups is 2. The minimum Gasteiger partial charge on any atom is -0.504 e. The van der Waals surface area contributed by atoms with Gasteiger partial charge in [0.1, 0.15) is 6.61 Å². The topological polar surface area (TPSA) is 79.2 Å². The van der Waals surface area contributed by atoms with Crippen LogP contribution in [0, 0.1) is 6.07 Å². The molecule has 0 aliphatic carbocycles. The van der Waals surface area contributed by atoms with Crippen molar-refractivity contribution in [3.05, 3.63) is 12.1 Å². The second-order valence-electron chi connectivity index (χ2n) is 4.19. The summed E-state index contributed by atoms with van der Waals surface area (Å²) >= 11 is 0. The summed E-state index contributed by atoms with van der Waals surface area (Å²) in [5, 5.41) is 28.4. The SMILES string of the molecule is CCCC(CC)Oc1c(O)[c]cc(OCCO)c1O. The van der Waals surface area contributed by atoms with Gasteiger partial charge >= 0.3 is 0 Å². The van der Waals surface area contributed by atoms with Gasteiger partial charge in [-0.05, 0) is 18.9 Å². The molecule has 1 radical (unpaired) electrons. The van der Waals surface area contributed by atoms with Gasteiger partial charge in [-0.2, -0.15) is 0 Å². The van der Waals surface area contributed by atoms with Crippen LogP contribution in [0.2, 0.25) is 0 Å². The van der Waals surface area contributed by atoms with Gasteiger partial charge in [0, 0.05) is 6.07 Å². The zero-order chi connectivity index (χ0) is 14.3. The molecule has 19 heavy (non-hydrogen) atoms. The third-order valence-corrected chi connectivity index (χ3v) is 2.70. The lowest BCUT2D eigenvalue weighted by Gasteiger charge is -2.19. The molecule has 1 unspecified atom stereocenters. The molecule has 1 aromatic carbocycles. The van der Waals surface area contributed by atoms with Crippen LogP contribution in [-0.2, 0) is 0 Å². The monoisotopic (exact) mass is 269 g/mol. The van der Waals surface area contributed by atoms with Crippen LogP contribution in [-0.4, -0.2) is 34.6 Å². The molecule has 5 heteroatoms. The lowest BCUT2D eigenvalue weighted by Crippen LogP contribution is -2.15. The van der Waals surface area contributed by atoms with E-state index in [2.05, 4.69) is 6.07 Å². The van der Waals surface area contributed by atoms with Gasteiger partial charge < -0.3 is 24.8 Å². The quantitative estimate of drug-likeness (QED) is 0.674. The number of benzene rings is 1. The van der Waals surface area contributed by atoms with Crippen LogP contribution < -0.4 is 9.47 Å². The predicted octanol–water partition coefficient (Wildman–Crippen LogP) is 2.23. The van der Waals surface area contributed by atoms with Crippen LogP contribution in [0.25, 0.3) is 0 Å². The summed E-state index contributed by atoms with van der Waals surface area (Å²) in [4.78, 5) is 0. The van der Waals surface area contributed by atoms with Crippen molar-refractivity contribution in [1.82, 2.24) is 0 Å². The number of phenolic OH excluding ortho intramolecular Hbond substituents is 2. The van der Waals surface area contributed by atoms with Gasteiger partial charge in [-0.3, -0.25) is 0 Å². The molecule has 1 atom stereocenters. The van der Waals surface area contributed by atoms with Crippen molar-refractivity contribution < 1.29 is 24.8 Å². The second-order valence-corrected chi connectivity index (χ2v) is 4.19. The molecule has 0 bridgehead atoms. The fourth-order valence-electron chi connectivity index (χ4n) is 1.70. The Morgan fingerprint density at radius 2 is 2.05 bits per heavy atom. The Balaban J connectivity index is 2.91. The summed E-state index contributed by atoms with van der Waals surface area (Å²) in [6.07, 6.45) is 2.47. The molecule has 1 rings (SSSR count). The number of phenols is 2. The summed E-state index contributed by atoms with van der Waals surface area (Å²) in [5.74, 6) is -0.397. The summed E-state index contributed by atoms with van der Waals surface area (Å²) in [6.45, 7) is 3.91. The van der Waals surface area contributed by atoms with E-state index in [1.807, 2.05) is 13.8 Å². The number of ether oxygens (including phenoxy) is 2.